The van der Waals surface area contributed by atoms with E-state index in [1.807, 2.05) is 36.4 Å². The van der Waals surface area contributed by atoms with E-state index in [9.17, 15) is 18.4 Å². The van der Waals surface area contributed by atoms with Crippen LogP contribution in [0.1, 0.15) is 74.3 Å². The number of rotatable bonds is 6. The molecule has 49 heavy (non-hydrogen) atoms. The average molecular weight is 673 g/mol. The van der Waals surface area contributed by atoms with Gasteiger partial charge in [0, 0.05) is 36.7 Å². The summed E-state index contributed by atoms with van der Waals surface area (Å²) >= 11 is 0. The second-order valence-corrected chi connectivity index (χ2v) is 14.0. The molecule has 1 unspecified atom stereocenters. The molecule has 6 rings (SSSR count). The monoisotopic (exact) mass is 672 g/mol. The van der Waals surface area contributed by atoms with Gasteiger partial charge < -0.3 is 19.7 Å². The van der Waals surface area contributed by atoms with E-state index in [4.69, 9.17) is 19.4 Å². The highest BCUT2D eigenvalue weighted by Gasteiger charge is 2.49. The van der Waals surface area contributed by atoms with Crippen molar-refractivity contribution >= 4 is 28.7 Å². The maximum Gasteiger partial charge on any atom is 0.411 e. The number of alkyl halides is 2. The molecule has 2 aliphatic rings. The molecule has 258 valence electrons. The molecule has 3 atom stereocenters. The summed E-state index contributed by atoms with van der Waals surface area (Å²) in [6, 6.07) is 15.6. The fourth-order valence-corrected chi connectivity index (χ4v) is 6.43. The smallest absolute Gasteiger partial charge is 0.411 e. The molecular formula is C37H42F2N6O4. The van der Waals surface area contributed by atoms with Gasteiger partial charge in [0.1, 0.15) is 11.4 Å². The minimum absolute atomic E-state index is 0.113. The molecule has 0 spiro atoms. The number of halogens is 2. The van der Waals surface area contributed by atoms with Crippen LogP contribution in [0.3, 0.4) is 0 Å². The van der Waals surface area contributed by atoms with Crippen LogP contribution < -0.4 is 10.2 Å². The van der Waals surface area contributed by atoms with Crippen molar-refractivity contribution in [2.75, 3.05) is 24.5 Å². The Morgan fingerprint density at radius 1 is 1.02 bits per heavy atom. The van der Waals surface area contributed by atoms with Gasteiger partial charge in [-0.1, -0.05) is 12.1 Å². The Labute approximate surface area is 284 Å². The van der Waals surface area contributed by atoms with E-state index in [2.05, 4.69) is 29.0 Å². The van der Waals surface area contributed by atoms with Crippen molar-refractivity contribution in [2.24, 2.45) is 0 Å². The number of carbonyl (C=O) groups excluding carboxylic acids is 2. The first-order valence-electron chi connectivity index (χ1n) is 16.5. The van der Waals surface area contributed by atoms with Crippen LogP contribution >= 0.6 is 0 Å². The second-order valence-electron chi connectivity index (χ2n) is 14.0. The molecule has 2 amide bonds. The zero-order valence-electron chi connectivity index (χ0n) is 28.7. The van der Waals surface area contributed by atoms with E-state index in [1.165, 1.54) is 0 Å². The number of aryl methyl sites for hydroxylation is 1. The van der Waals surface area contributed by atoms with E-state index in [-0.39, 0.29) is 24.3 Å². The highest BCUT2D eigenvalue weighted by molar-refractivity contribution is 5.94. The van der Waals surface area contributed by atoms with Crippen molar-refractivity contribution < 1.29 is 27.8 Å². The number of nitrogens with zero attached hydrogens (tertiary/aromatic N) is 5. The fourth-order valence-electron chi connectivity index (χ4n) is 6.43. The van der Waals surface area contributed by atoms with Crippen molar-refractivity contribution in [1.29, 1.82) is 0 Å². The second kappa shape index (κ2) is 13.3. The lowest BCUT2D eigenvalue weighted by molar-refractivity contribution is -0.00546. The number of likely N-dealkylation sites (tertiary alicyclic amines) is 1. The van der Waals surface area contributed by atoms with Gasteiger partial charge in [0.15, 0.2) is 0 Å². The number of carbonyl (C=O) groups is 2. The SMILES string of the molecule is Cc1ccc(C(=O)NCc2cc3nc(-c4cccc(N5C[C@@H](C)O[C@@H](C)C5)n4)ccc3cn2)cc1C1CC(F)(F)CN1C(=O)OC(C)(C)C. The molecule has 4 aromatic rings. The van der Waals surface area contributed by atoms with Crippen LogP contribution in [0.4, 0.5) is 19.4 Å². The van der Waals surface area contributed by atoms with Gasteiger partial charge in [-0.05, 0) is 95.1 Å². The first-order valence-corrected chi connectivity index (χ1v) is 16.5. The summed E-state index contributed by atoms with van der Waals surface area (Å²) in [5, 5.41) is 3.73. The molecule has 5 heterocycles. The van der Waals surface area contributed by atoms with Gasteiger partial charge >= 0.3 is 6.09 Å². The first-order chi connectivity index (χ1) is 23.1. The Morgan fingerprint density at radius 3 is 2.49 bits per heavy atom. The molecule has 10 nitrogen and oxygen atoms in total. The minimum Gasteiger partial charge on any atom is -0.444 e. The number of nitrogens with one attached hydrogen (secondary N) is 1. The number of morpholine rings is 1. The summed E-state index contributed by atoms with van der Waals surface area (Å²) in [5.74, 6) is -2.61. The molecule has 0 saturated carbocycles. The topological polar surface area (TPSA) is 110 Å². The average Bonchev–Trinajstić information content (AvgIpc) is 3.37. The molecule has 2 aliphatic heterocycles. The summed E-state index contributed by atoms with van der Waals surface area (Å²) in [6.07, 6.45) is 0.570. The van der Waals surface area contributed by atoms with E-state index < -0.39 is 42.5 Å². The van der Waals surface area contributed by atoms with Gasteiger partial charge in [0.25, 0.3) is 11.8 Å². The third-order valence-electron chi connectivity index (χ3n) is 8.60. The lowest BCUT2D eigenvalue weighted by atomic mass is 9.96. The summed E-state index contributed by atoms with van der Waals surface area (Å²) in [4.78, 5) is 43.8. The number of pyridine rings is 3. The van der Waals surface area contributed by atoms with E-state index in [0.717, 1.165) is 40.6 Å². The van der Waals surface area contributed by atoms with Crippen molar-refractivity contribution in [1.82, 2.24) is 25.2 Å². The maximum absolute atomic E-state index is 14.6. The number of ether oxygens (including phenoxy) is 2. The third kappa shape index (κ3) is 7.96. The minimum atomic E-state index is -3.08. The summed E-state index contributed by atoms with van der Waals surface area (Å²) < 4.78 is 40.6. The van der Waals surface area contributed by atoms with E-state index >= 15 is 0 Å². The summed E-state index contributed by atoms with van der Waals surface area (Å²) in [5.41, 5.74) is 3.39. The Kier molecular flexibility index (Phi) is 9.27. The highest BCUT2D eigenvalue weighted by atomic mass is 19.3. The molecule has 0 bridgehead atoms. The molecule has 1 N–H and O–H groups in total. The summed E-state index contributed by atoms with van der Waals surface area (Å²) in [7, 11) is 0. The third-order valence-corrected chi connectivity index (χ3v) is 8.60. The van der Waals surface area contributed by atoms with Gasteiger partial charge in [-0.25, -0.2) is 23.5 Å². The molecule has 0 aliphatic carbocycles. The zero-order valence-corrected chi connectivity index (χ0v) is 28.7. The number of fused-ring (bicyclic) bond motifs is 1. The predicted molar refractivity (Wildman–Crippen MR) is 183 cm³/mol. The van der Waals surface area contributed by atoms with Crippen molar-refractivity contribution in [2.45, 2.75) is 84.3 Å². The molecule has 1 aromatic carbocycles. The van der Waals surface area contributed by atoms with Crippen molar-refractivity contribution in [3.05, 3.63) is 83.2 Å². The van der Waals surface area contributed by atoms with Gasteiger partial charge in [-0.2, -0.15) is 0 Å². The van der Waals surface area contributed by atoms with Crippen LogP contribution in [0, 0.1) is 6.92 Å². The van der Waals surface area contributed by atoms with Gasteiger partial charge in [0.05, 0.1) is 53.9 Å². The number of hydrogen-bond donors (Lipinski definition) is 1. The number of benzene rings is 1. The molecule has 0 radical (unpaired) electrons. The molecule has 12 heteroatoms. The Hall–Kier alpha value is -4.71. The Balaban J connectivity index is 1.17. The number of anilines is 1. The van der Waals surface area contributed by atoms with Crippen LogP contribution in [0.5, 0.6) is 0 Å². The van der Waals surface area contributed by atoms with Crippen LogP contribution in [-0.2, 0) is 16.0 Å². The standard InChI is InChI=1S/C37H42F2N6O4/c1-22-10-11-25(14-28(22)32-16-37(38,39)21-45(32)35(47)49-36(4,5)6)34(46)41-18-27-15-31-26(17-40-27)12-13-30(42-31)29-8-7-9-33(43-29)44-19-23(2)48-24(3)20-44/h7-15,17,23-24,32H,16,18-21H2,1-6H3,(H,41,46)/t23-,24+,32?. The number of amides is 2. The van der Waals surface area contributed by atoms with Crippen LogP contribution in [0.2, 0.25) is 0 Å². The van der Waals surface area contributed by atoms with Crippen LogP contribution in [-0.4, -0.2) is 75.2 Å². The lowest BCUT2D eigenvalue weighted by Crippen LogP contribution is -2.45. The normalized spacial score (nSPS) is 20.8. The summed E-state index contributed by atoms with van der Waals surface area (Å²) in [6.45, 7) is 11.9. The molecular weight excluding hydrogens is 630 g/mol. The Bertz CT molecular complexity index is 1870. The number of hydrogen-bond acceptors (Lipinski definition) is 8. The largest absolute Gasteiger partial charge is 0.444 e. The van der Waals surface area contributed by atoms with Crippen molar-refractivity contribution in [3.63, 3.8) is 0 Å². The van der Waals surface area contributed by atoms with Crippen LogP contribution in [0.15, 0.2) is 60.8 Å². The molecule has 2 fully saturated rings. The first kappa shape index (κ1) is 34.2. The number of aromatic nitrogens is 3. The van der Waals surface area contributed by atoms with Crippen LogP contribution in [0.25, 0.3) is 22.3 Å². The van der Waals surface area contributed by atoms with Crippen molar-refractivity contribution in [3.8, 4) is 11.4 Å². The van der Waals surface area contributed by atoms with E-state index in [0.29, 0.717) is 22.3 Å². The highest BCUT2D eigenvalue weighted by Crippen LogP contribution is 2.43. The van der Waals surface area contributed by atoms with E-state index in [1.54, 1.807) is 52.1 Å². The van der Waals surface area contributed by atoms with Gasteiger partial charge in [-0.15, -0.1) is 0 Å². The lowest BCUT2D eigenvalue weighted by Gasteiger charge is -2.36. The quantitative estimate of drug-likeness (QED) is 0.237. The van der Waals surface area contributed by atoms with Gasteiger partial charge in [-0.3, -0.25) is 14.7 Å². The zero-order chi connectivity index (χ0) is 35.1. The molecule has 3 aromatic heterocycles. The predicted octanol–water partition coefficient (Wildman–Crippen LogP) is 6.86. The fraction of sp³-hybridized carbons (Fsp3) is 0.432. The maximum atomic E-state index is 14.6. The van der Waals surface area contributed by atoms with Gasteiger partial charge in [0.2, 0.25) is 0 Å². The Morgan fingerprint density at radius 2 is 1.76 bits per heavy atom. The molecule has 2 saturated heterocycles.